The molecule has 0 aromatic heterocycles. The summed E-state index contributed by atoms with van der Waals surface area (Å²) in [4.78, 5) is 38.2. The summed E-state index contributed by atoms with van der Waals surface area (Å²) in [5, 5.41) is 0.540. The SMILES string of the molecule is O=C(COC(=O)[C@@H]1[C@H]2CC[C@@H](C2)[C@@H]1C(=O)c1ccccc1)c1ccc(Cl)cc1. The molecule has 2 saturated carbocycles. The minimum absolute atomic E-state index is 0.0128. The highest BCUT2D eigenvalue weighted by Gasteiger charge is 2.54. The van der Waals surface area contributed by atoms with Crippen LogP contribution in [0.4, 0.5) is 0 Å². The van der Waals surface area contributed by atoms with Crippen molar-refractivity contribution in [3.63, 3.8) is 0 Å². The molecule has 4 atom stereocenters. The van der Waals surface area contributed by atoms with Crippen molar-refractivity contribution in [2.45, 2.75) is 19.3 Å². The van der Waals surface area contributed by atoms with Crippen molar-refractivity contribution in [2.24, 2.45) is 23.7 Å². The minimum atomic E-state index is -0.454. The van der Waals surface area contributed by atoms with Gasteiger partial charge in [0.25, 0.3) is 0 Å². The van der Waals surface area contributed by atoms with E-state index in [1.165, 1.54) is 0 Å². The molecule has 0 amide bonds. The highest BCUT2D eigenvalue weighted by molar-refractivity contribution is 6.30. The summed E-state index contributed by atoms with van der Waals surface area (Å²) in [5.41, 5.74) is 1.08. The van der Waals surface area contributed by atoms with E-state index in [9.17, 15) is 14.4 Å². The van der Waals surface area contributed by atoms with Crippen LogP contribution in [-0.2, 0) is 9.53 Å². The van der Waals surface area contributed by atoms with E-state index >= 15 is 0 Å². The zero-order chi connectivity index (χ0) is 19.7. The average Bonchev–Trinajstić information content (AvgIpc) is 3.34. The lowest BCUT2D eigenvalue weighted by Crippen LogP contribution is -2.36. The third-order valence-electron chi connectivity index (χ3n) is 6.06. The Morgan fingerprint density at radius 1 is 0.857 bits per heavy atom. The topological polar surface area (TPSA) is 60.4 Å². The van der Waals surface area contributed by atoms with E-state index in [0.717, 1.165) is 19.3 Å². The van der Waals surface area contributed by atoms with E-state index < -0.39 is 11.9 Å². The van der Waals surface area contributed by atoms with Gasteiger partial charge < -0.3 is 4.74 Å². The van der Waals surface area contributed by atoms with Gasteiger partial charge in [-0.15, -0.1) is 0 Å². The van der Waals surface area contributed by atoms with E-state index in [0.29, 0.717) is 16.1 Å². The second kappa shape index (κ2) is 7.88. The van der Waals surface area contributed by atoms with Crippen LogP contribution in [0.15, 0.2) is 54.6 Å². The second-order valence-corrected chi connectivity index (χ2v) is 8.09. The lowest BCUT2D eigenvalue weighted by Gasteiger charge is -2.28. The standard InChI is InChI=1S/C23H21ClO4/c24-18-10-8-14(9-11-18)19(25)13-28-23(27)21-17-7-6-16(12-17)20(21)22(26)15-4-2-1-3-5-15/h1-5,8-11,16-17,20-21H,6-7,12-13H2/t16-,17-,20-,21+/m0/s1. The van der Waals surface area contributed by atoms with E-state index in [1.54, 1.807) is 36.4 Å². The van der Waals surface area contributed by atoms with Crippen molar-refractivity contribution in [3.05, 3.63) is 70.7 Å². The Hall–Kier alpha value is -2.46. The molecule has 2 aliphatic rings. The predicted octanol–water partition coefficient (Wildman–Crippen LogP) is 4.61. The molecule has 0 spiro atoms. The van der Waals surface area contributed by atoms with Crippen molar-refractivity contribution in [2.75, 3.05) is 6.61 Å². The number of hydrogen-bond donors (Lipinski definition) is 0. The van der Waals surface area contributed by atoms with Crippen LogP contribution in [0.3, 0.4) is 0 Å². The van der Waals surface area contributed by atoms with Gasteiger partial charge in [-0.05, 0) is 55.4 Å². The average molecular weight is 397 g/mol. The Morgan fingerprint density at radius 2 is 1.50 bits per heavy atom. The zero-order valence-corrected chi connectivity index (χ0v) is 16.1. The largest absolute Gasteiger partial charge is 0.457 e. The molecule has 144 valence electrons. The third kappa shape index (κ3) is 3.61. The summed E-state index contributed by atoms with van der Waals surface area (Å²) in [6.45, 7) is -0.319. The number of ether oxygens (including phenoxy) is 1. The molecule has 5 heteroatoms. The molecule has 0 heterocycles. The first kappa shape index (κ1) is 18.9. The second-order valence-electron chi connectivity index (χ2n) is 7.65. The van der Waals surface area contributed by atoms with Crippen LogP contribution >= 0.6 is 11.6 Å². The molecule has 4 rings (SSSR count). The Balaban J connectivity index is 1.45. The first-order valence-electron chi connectivity index (χ1n) is 9.59. The number of hydrogen-bond acceptors (Lipinski definition) is 4. The van der Waals surface area contributed by atoms with Crippen LogP contribution in [0.25, 0.3) is 0 Å². The molecule has 0 N–H and O–H groups in total. The zero-order valence-electron chi connectivity index (χ0n) is 15.3. The van der Waals surface area contributed by atoms with Crippen LogP contribution in [0.5, 0.6) is 0 Å². The Labute approximate surface area is 168 Å². The summed E-state index contributed by atoms with van der Waals surface area (Å²) in [7, 11) is 0. The number of fused-ring (bicyclic) bond motifs is 2. The highest BCUT2D eigenvalue weighted by atomic mass is 35.5. The summed E-state index contributed by atoms with van der Waals surface area (Å²) in [5.74, 6) is -1.10. The van der Waals surface area contributed by atoms with Crippen molar-refractivity contribution in [1.82, 2.24) is 0 Å². The molecule has 4 nitrogen and oxygen atoms in total. The fourth-order valence-corrected chi connectivity index (χ4v) is 4.88. The lowest BCUT2D eigenvalue weighted by atomic mass is 9.75. The predicted molar refractivity (Wildman–Crippen MR) is 105 cm³/mol. The summed E-state index contributed by atoms with van der Waals surface area (Å²) < 4.78 is 5.37. The highest BCUT2D eigenvalue weighted by Crippen LogP contribution is 2.53. The monoisotopic (exact) mass is 396 g/mol. The van der Waals surface area contributed by atoms with Crippen LogP contribution in [0.1, 0.15) is 40.0 Å². The number of benzene rings is 2. The van der Waals surface area contributed by atoms with Gasteiger partial charge in [-0.2, -0.15) is 0 Å². The van der Waals surface area contributed by atoms with Crippen molar-refractivity contribution >= 4 is 29.1 Å². The van der Waals surface area contributed by atoms with Crippen LogP contribution in [-0.4, -0.2) is 24.1 Å². The molecule has 28 heavy (non-hydrogen) atoms. The molecular formula is C23H21ClO4. The van der Waals surface area contributed by atoms with Gasteiger partial charge in [-0.3, -0.25) is 14.4 Å². The lowest BCUT2D eigenvalue weighted by molar-refractivity contribution is -0.150. The van der Waals surface area contributed by atoms with Crippen LogP contribution in [0.2, 0.25) is 5.02 Å². The molecule has 2 aromatic rings. The Kier molecular flexibility index (Phi) is 5.31. The maximum Gasteiger partial charge on any atom is 0.310 e. The molecule has 0 aliphatic heterocycles. The minimum Gasteiger partial charge on any atom is -0.457 e. The van der Waals surface area contributed by atoms with Gasteiger partial charge in [0, 0.05) is 22.1 Å². The van der Waals surface area contributed by atoms with Gasteiger partial charge in [0.05, 0.1) is 5.92 Å². The number of carbonyl (C=O) groups is 3. The molecule has 2 aromatic carbocycles. The maximum atomic E-state index is 13.1. The molecular weight excluding hydrogens is 376 g/mol. The van der Waals surface area contributed by atoms with Crippen molar-refractivity contribution < 1.29 is 19.1 Å². The number of halogens is 1. The van der Waals surface area contributed by atoms with Gasteiger partial charge in [-0.1, -0.05) is 41.9 Å². The van der Waals surface area contributed by atoms with E-state index in [1.807, 2.05) is 18.2 Å². The third-order valence-corrected chi connectivity index (χ3v) is 6.31. The molecule has 2 aliphatic carbocycles. The fraction of sp³-hybridized carbons (Fsp3) is 0.348. The number of ketones is 2. The smallest absolute Gasteiger partial charge is 0.310 e. The quantitative estimate of drug-likeness (QED) is 0.528. The number of rotatable bonds is 6. The molecule has 2 bridgehead atoms. The number of carbonyl (C=O) groups excluding carboxylic acids is 3. The number of Topliss-reactive ketones (excluding diaryl/α,β-unsaturated/α-hetero) is 2. The fourth-order valence-electron chi connectivity index (χ4n) is 4.75. The Bertz CT molecular complexity index is 891. The summed E-state index contributed by atoms with van der Waals surface area (Å²) >= 11 is 5.83. The van der Waals surface area contributed by atoms with E-state index in [4.69, 9.17) is 16.3 Å². The molecule has 0 saturated heterocycles. The summed E-state index contributed by atoms with van der Waals surface area (Å²) in [6.07, 6.45) is 2.80. The molecule has 0 unspecified atom stereocenters. The molecule has 2 fully saturated rings. The van der Waals surface area contributed by atoms with Gasteiger partial charge >= 0.3 is 5.97 Å². The first-order valence-corrected chi connectivity index (χ1v) is 9.97. The number of esters is 1. The van der Waals surface area contributed by atoms with Crippen LogP contribution in [0, 0.1) is 23.7 Å². The Morgan fingerprint density at radius 3 is 2.18 bits per heavy atom. The normalized spacial score (nSPS) is 25.5. The first-order chi connectivity index (χ1) is 13.5. The maximum absolute atomic E-state index is 13.1. The van der Waals surface area contributed by atoms with Crippen molar-refractivity contribution in [3.8, 4) is 0 Å². The summed E-state index contributed by atoms with van der Waals surface area (Å²) in [6, 6.07) is 15.6. The van der Waals surface area contributed by atoms with Crippen molar-refractivity contribution in [1.29, 1.82) is 0 Å². The van der Waals surface area contributed by atoms with Gasteiger partial charge in [0.15, 0.2) is 18.2 Å². The van der Waals surface area contributed by atoms with Gasteiger partial charge in [0.2, 0.25) is 0 Å². The van der Waals surface area contributed by atoms with Gasteiger partial charge in [0.1, 0.15) is 0 Å². The van der Waals surface area contributed by atoms with E-state index in [-0.39, 0.29) is 35.9 Å². The molecule has 0 radical (unpaired) electrons. The van der Waals surface area contributed by atoms with Gasteiger partial charge in [-0.25, -0.2) is 0 Å². The van der Waals surface area contributed by atoms with Crippen LogP contribution < -0.4 is 0 Å². The van der Waals surface area contributed by atoms with E-state index in [2.05, 4.69) is 0 Å².